The highest BCUT2D eigenvalue weighted by Gasteiger charge is 2.55. The van der Waals surface area contributed by atoms with Crippen LogP contribution in [0.2, 0.25) is 0 Å². The predicted molar refractivity (Wildman–Crippen MR) is 74.4 cm³/mol. The molecule has 4 heteroatoms. The van der Waals surface area contributed by atoms with Gasteiger partial charge in [0.05, 0.1) is 5.69 Å². The maximum Gasteiger partial charge on any atom is 0.129 e. The lowest BCUT2D eigenvalue weighted by Gasteiger charge is -2.05. The van der Waals surface area contributed by atoms with Crippen LogP contribution in [0, 0.1) is 11.8 Å². The number of aryl methyl sites for hydroxylation is 1. The molecule has 2 unspecified atom stereocenters. The zero-order valence-corrected chi connectivity index (χ0v) is 11.1. The van der Waals surface area contributed by atoms with Crippen LogP contribution >= 0.6 is 0 Å². The average Bonchev–Trinajstić information content (AvgIpc) is 2.78. The second kappa shape index (κ2) is 3.83. The normalized spacial score (nSPS) is 28.4. The third kappa shape index (κ3) is 1.52. The molecule has 2 saturated carbocycles. The molecule has 2 aromatic rings. The van der Waals surface area contributed by atoms with Crippen LogP contribution in [0.5, 0.6) is 0 Å². The van der Waals surface area contributed by atoms with E-state index in [2.05, 4.69) is 11.1 Å². The summed E-state index contributed by atoms with van der Waals surface area (Å²) in [4.78, 5) is 4.21. The van der Waals surface area contributed by atoms with Gasteiger partial charge in [0, 0.05) is 36.5 Å². The molecule has 2 aliphatic carbocycles. The van der Waals surface area contributed by atoms with Crippen molar-refractivity contribution in [3.05, 3.63) is 30.2 Å². The van der Waals surface area contributed by atoms with Crippen molar-refractivity contribution in [3.63, 3.8) is 0 Å². The smallest absolute Gasteiger partial charge is 0.129 e. The third-order valence-corrected chi connectivity index (χ3v) is 4.79. The lowest BCUT2D eigenvalue weighted by Crippen LogP contribution is -1.98. The van der Waals surface area contributed by atoms with Gasteiger partial charge < -0.3 is 5.73 Å². The maximum atomic E-state index is 6.22. The molecule has 2 heterocycles. The number of anilines is 1. The summed E-state index contributed by atoms with van der Waals surface area (Å²) in [5.41, 5.74) is 9.62. The van der Waals surface area contributed by atoms with E-state index in [-0.39, 0.29) is 0 Å². The van der Waals surface area contributed by atoms with Gasteiger partial charge in [-0.1, -0.05) is 12.5 Å². The summed E-state index contributed by atoms with van der Waals surface area (Å²) in [6, 6.07) is 4.03. The highest BCUT2D eigenvalue weighted by molar-refractivity contribution is 5.77. The summed E-state index contributed by atoms with van der Waals surface area (Å²) in [6.45, 7) is 0. The number of hydrogen-bond acceptors (Lipinski definition) is 3. The number of rotatable bonds is 2. The lowest BCUT2D eigenvalue weighted by atomic mass is 10.0. The van der Waals surface area contributed by atoms with Crippen LogP contribution in [0.4, 0.5) is 5.82 Å². The van der Waals surface area contributed by atoms with E-state index in [1.807, 2.05) is 24.0 Å². The topological polar surface area (TPSA) is 56.7 Å². The minimum absolute atomic E-state index is 0.632. The average molecular weight is 254 g/mol. The fourth-order valence-electron chi connectivity index (χ4n) is 3.83. The standard InChI is InChI=1S/C15H18N4/c1-19-15(16)12(9-4-3-7-17-8-9)14(18-19)13-10-5-2-6-11(10)13/h3-4,7-8,10-11,13H,2,5-6,16H2,1H3. The SMILES string of the molecule is Cn1nc(C2C3CCCC32)c(-c2cccnc2)c1N. The van der Waals surface area contributed by atoms with Crippen LogP contribution in [0.15, 0.2) is 24.5 Å². The lowest BCUT2D eigenvalue weighted by molar-refractivity contribution is 0.655. The summed E-state index contributed by atoms with van der Waals surface area (Å²) >= 11 is 0. The number of nitrogens with zero attached hydrogens (tertiary/aromatic N) is 3. The monoisotopic (exact) mass is 254 g/mol. The van der Waals surface area contributed by atoms with Gasteiger partial charge in [0.15, 0.2) is 0 Å². The number of aromatic nitrogens is 3. The van der Waals surface area contributed by atoms with E-state index in [4.69, 9.17) is 10.8 Å². The molecule has 0 saturated heterocycles. The maximum absolute atomic E-state index is 6.22. The van der Waals surface area contributed by atoms with Gasteiger partial charge in [-0.05, 0) is 30.7 Å². The van der Waals surface area contributed by atoms with E-state index < -0.39 is 0 Å². The van der Waals surface area contributed by atoms with Crippen molar-refractivity contribution in [3.8, 4) is 11.1 Å². The Bertz CT molecular complexity index is 607. The first-order valence-corrected chi connectivity index (χ1v) is 7.00. The molecule has 4 rings (SSSR count). The van der Waals surface area contributed by atoms with Crippen molar-refractivity contribution < 1.29 is 0 Å². The van der Waals surface area contributed by atoms with Crippen molar-refractivity contribution in [2.45, 2.75) is 25.2 Å². The van der Waals surface area contributed by atoms with Crippen molar-refractivity contribution in [2.24, 2.45) is 18.9 Å². The minimum Gasteiger partial charge on any atom is -0.383 e. The highest BCUT2D eigenvalue weighted by Crippen LogP contribution is 2.64. The molecule has 2 N–H and O–H groups in total. The second-order valence-electron chi connectivity index (χ2n) is 5.80. The van der Waals surface area contributed by atoms with Crippen molar-refractivity contribution in [2.75, 3.05) is 5.73 Å². The van der Waals surface area contributed by atoms with Crippen molar-refractivity contribution >= 4 is 5.82 Å². The Morgan fingerprint density at radius 1 is 1.32 bits per heavy atom. The molecule has 2 aliphatic rings. The Balaban J connectivity index is 1.82. The number of nitrogens with two attached hydrogens (primary N) is 1. The van der Waals surface area contributed by atoms with Gasteiger partial charge in [-0.25, -0.2) is 0 Å². The third-order valence-electron chi connectivity index (χ3n) is 4.79. The van der Waals surface area contributed by atoms with Gasteiger partial charge in [-0.2, -0.15) is 5.10 Å². The highest BCUT2D eigenvalue weighted by atomic mass is 15.3. The largest absolute Gasteiger partial charge is 0.383 e. The molecule has 2 atom stereocenters. The van der Waals surface area contributed by atoms with Crippen LogP contribution in [0.25, 0.3) is 11.1 Å². The van der Waals surface area contributed by atoms with Gasteiger partial charge in [0.25, 0.3) is 0 Å². The second-order valence-corrected chi connectivity index (χ2v) is 5.80. The first-order valence-electron chi connectivity index (χ1n) is 7.00. The summed E-state index contributed by atoms with van der Waals surface area (Å²) in [5, 5.41) is 4.69. The molecular formula is C15H18N4. The minimum atomic E-state index is 0.632. The van der Waals surface area contributed by atoms with Crippen LogP contribution in [0.3, 0.4) is 0 Å². The van der Waals surface area contributed by atoms with Gasteiger partial charge in [-0.3, -0.25) is 9.67 Å². The van der Waals surface area contributed by atoms with Crippen molar-refractivity contribution in [1.29, 1.82) is 0 Å². The molecule has 0 aliphatic heterocycles. The molecule has 0 amide bonds. The van der Waals surface area contributed by atoms with Crippen LogP contribution < -0.4 is 5.73 Å². The van der Waals surface area contributed by atoms with Gasteiger partial charge >= 0.3 is 0 Å². The van der Waals surface area contributed by atoms with Crippen LogP contribution in [0.1, 0.15) is 30.9 Å². The van der Waals surface area contributed by atoms with E-state index in [0.29, 0.717) is 5.92 Å². The Morgan fingerprint density at radius 3 is 2.79 bits per heavy atom. The van der Waals surface area contributed by atoms with Gasteiger partial charge in [0.2, 0.25) is 0 Å². The number of nitrogen functional groups attached to an aromatic ring is 1. The predicted octanol–water partition coefficient (Wildman–Crippen LogP) is 2.58. The number of fused-ring (bicyclic) bond motifs is 1. The quantitative estimate of drug-likeness (QED) is 0.896. The summed E-state index contributed by atoms with van der Waals surface area (Å²) in [7, 11) is 1.93. The number of hydrogen-bond donors (Lipinski definition) is 1. The first-order chi connectivity index (χ1) is 9.27. The van der Waals surface area contributed by atoms with Crippen LogP contribution in [-0.4, -0.2) is 14.8 Å². The van der Waals surface area contributed by atoms with Crippen molar-refractivity contribution in [1.82, 2.24) is 14.8 Å². The van der Waals surface area contributed by atoms with E-state index in [0.717, 1.165) is 28.8 Å². The molecule has 2 fully saturated rings. The molecule has 98 valence electrons. The Hall–Kier alpha value is -1.84. The molecular weight excluding hydrogens is 236 g/mol. The van der Waals surface area contributed by atoms with E-state index in [1.165, 1.54) is 25.0 Å². The van der Waals surface area contributed by atoms with E-state index in [9.17, 15) is 0 Å². The molecule has 2 aromatic heterocycles. The Labute approximate surface area is 112 Å². The first kappa shape index (κ1) is 11.0. The molecule has 0 spiro atoms. The molecule has 4 nitrogen and oxygen atoms in total. The number of pyridine rings is 1. The summed E-state index contributed by atoms with van der Waals surface area (Å²) in [5.74, 6) is 3.09. The van der Waals surface area contributed by atoms with E-state index >= 15 is 0 Å². The molecule has 0 radical (unpaired) electrons. The fraction of sp³-hybridized carbons (Fsp3) is 0.467. The Kier molecular flexibility index (Phi) is 2.22. The molecule has 19 heavy (non-hydrogen) atoms. The molecule has 0 aromatic carbocycles. The Morgan fingerprint density at radius 2 is 2.11 bits per heavy atom. The van der Waals surface area contributed by atoms with Crippen LogP contribution in [-0.2, 0) is 7.05 Å². The fourth-order valence-corrected chi connectivity index (χ4v) is 3.83. The zero-order valence-electron chi connectivity index (χ0n) is 11.1. The van der Waals surface area contributed by atoms with Gasteiger partial charge in [0.1, 0.15) is 5.82 Å². The summed E-state index contributed by atoms with van der Waals surface area (Å²) < 4.78 is 1.81. The van der Waals surface area contributed by atoms with Gasteiger partial charge in [-0.15, -0.1) is 0 Å². The zero-order chi connectivity index (χ0) is 13.0. The summed E-state index contributed by atoms with van der Waals surface area (Å²) in [6.07, 6.45) is 7.78. The molecule has 0 bridgehead atoms. The van der Waals surface area contributed by atoms with E-state index in [1.54, 1.807) is 6.20 Å².